The van der Waals surface area contributed by atoms with Gasteiger partial charge in [0.25, 0.3) is 0 Å². The van der Waals surface area contributed by atoms with E-state index in [1.807, 2.05) is 73.3 Å². The Bertz CT molecular complexity index is 935. The van der Waals surface area contributed by atoms with E-state index in [-0.39, 0.29) is 17.7 Å². The van der Waals surface area contributed by atoms with Gasteiger partial charge in [0.2, 0.25) is 11.8 Å². The summed E-state index contributed by atoms with van der Waals surface area (Å²) >= 11 is 0. The van der Waals surface area contributed by atoms with Crippen molar-refractivity contribution in [2.24, 2.45) is 5.92 Å². The van der Waals surface area contributed by atoms with E-state index in [1.54, 1.807) is 0 Å². The van der Waals surface area contributed by atoms with Gasteiger partial charge in [-0.25, -0.2) is 0 Å². The minimum Gasteiger partial charge on any atom is -0.341 e. The van der Waals surface area contributed by atoms with Gasteiger partial charge in [-0.05, 0) is 35.6 Å². The first-order valence-corrected chi connectivity index (χ1v) is 11.3. The molecule has 1 N–H and O–H groups in total. The molecule has 6 heteroatoms. The summed E-state index contributed by atoms with van der Waals surface area (Å²) in [7, 11) is 0. The van der Waals surface area contributed by atoms with E-state index in [4.69, 9.17) is 5.26 Å². The number of nitrogens with one attached hydrogen (secondary N) is 1. The van der Waals surface area contributed by atoms with Crippen LogP contribution in [0.3, 0.4) is 0 Å². The van der Waals surface area contributed by atoms with Crippen LogP contribution in [-0.4, -0.2) is 47.8 Å². The Labute approximate surface area is 190 Å². The van der Waals surface area contributed by atoms with Crippen molar-refractivity contribution in [2.45, 2.75) is 39.3 Å². The van der Waals surface area contributed by atoms with E-state index in [0.29, 0.717) is 25.1 Å². The Morgan fingerprint density at radius 3 is 2.38 bits per heavy atom. The molecule has 0 spiro atoms. The van der Waals surface area contributed by atoms with Crippen molar-refractivity contribution in [3.63, 3.8) is 0 Å². The highest BCUT2D eigenvalue weighted by atomic mass is 16.2. The molecule has 1 unspecified atom stereocenters. The Hall–Kier alpha value is -3.17. The molecule has 1 aliphatic rings. The van der Waals surface area contributed by atoms with E-state index in [1.165, 1.54) is 0 Å². The monoisotopic (exact) mass is 432 g/mol. The van der Waals surface area contributed by atoms with Crippen molar-refractivity contribution >= 4 is 11.8 Å². The molecule has 0 saturated carbocycles. The number of carbonyl (C=O) groups is 2. The van der Waals surface area contributed by atoms with Crippen molar-refractivity contribution in [3.8, 4) is 6.07 Å². The van der Waals surface area contributed by atoms with E-state index >= 15 is 0 Å². The van der Waals surface area contributed by atoms with E-state index in [0.717, 1.165) is 37.2 Å². The molecule has 0 aromatic heterocycles. The number of nitrogens with zero attached hydrogens (tertiary/aromatic N) is 3. The molecular weight excluding hydrogens is 400 g/mol. The molecule has 1 aliphatic heterocycles. The molecule has 0 bridgehead atoms. The highest BCUT2D eigenvalue weighted by Crippen LogP contribution is 2.19. The third-order valence-electron chi connectivity index (χ3n) is 5.67. The van der Waals surface area contributed by atoms with Gasteiger partial charge in [0.05, 0.1) is 11.6 Å². The van der Waals surface area contributed by atoms with Crippen LogP contribution in [0.2, 0.25) is 0 Å². The Kier molecular flexibility index (Phi) is 8.41. The molecule has 0 aliphatic carbocycles. The van der Waals surface area contributed by atoms with Gasteiger partial charge >= 0.3 is 0 Å². The van der Waals surface area contributed by atoms with Gasteiger partial charge in [-0.1, -0.05) is 56.3 Å². The summed E-state index contributed by atoms with van der Waals surface area (Å²) in [5, 5.41) is 11.9. The van der Waals surface area contributed by atoms with E-state index < -0.39 is 6.04 Å². The van der Waals surface area contributed by atoms with Crippen molar-refractivity contribution in [1.29, 1.82) is 5.26 Å². The maximum Gasteiger partial charge on any atom is 0.249 e. The summed E-state index contributed by atoms with van der Waals surface area (Å²) in [5.41, 5.74) is 2.63. The fourth-order valence-corrected chi connectivity index (χ4v) is 4.00. The largest absolute Gasteiger partial charge is 0.341 e. The van der Waals surface area contributed by atoms with Gasteiger partial charge in [-0.2, -0.15) is 5.26 Å². The Balaban J connectivity index is 1.65. The summed E-state index contributed by atoms with van der Waals surface area (Å²) < 4.78 is 0. The molecule has 2 aromatic rings. The zero-order valence-electron chi connectivity index (χ0n) is 19.0. The first-order chi connectivity index (χ1) is 15.5. The standard InChI is InChI=1S/C26H32N4O2/c1-20(2)17-24(31)28-25(23-7-4-3-5-8-23)26(32)30-14-6-13-29(15-16-30)19-22-11-9-21(18-27)10-12-22/h3-5,7-12,20,25H,6,13-17,19H2,1-2H3,(H,28,31). The van der Waals surface area contributed by atoms with Crippen molar-refractivity contribution in [3.05, 3.63) is 71.3 Å². The van der Waals surface area contributed by atoms with Crippen LogP contribution in [0.1, 0.15) is 49.4 Å². The number of hydrogen-bond donors (Lipinski definition) is 1. The van der Waals surface area contributed by atoms with Crippen LogP contribution >= 0.6 is 0 Å². The maximum absolute atomic E-state index is 13.5. The maximum atomic E-state index is 13.5. The van der Waals surface area contributed by atoms with Crippen LogP contribution in [0.25, 0.3) is 0 Å². The first kappa shape index (κ1) is 23.5. The minimum absolute atomic E-state index is 0.0477. The molecule has 1 atom stereocenters. The van der Waals surface area contributed by atoms with Crippen LogP contribution in [0.4, 0.5) is 0 Å². The third-order valence-corrected chi connectivity index (χ3v) is 5.67. The predicted molar refractivity (Wildman–Crippen MR) is 124 cm³/mol. The van der Waals surface area contributed by atoms with Gasteiger partial charge in [0, 0.05) is 39.1 Å². The number of hydrogen-bond acceptors (Lipinski definition) is 4. The van der Waals surface area contributed by atoms with Crippen molar-refractivity contribution < 1.29 is 9.59 Å². The lowest BCUT2D eigenvalue weighted by Crippen LogP contribution is -2.44. The molecule has 32 heavy (non-hydrogen) atoms. The SMILES string of the molecule is CC(C)CC(=O)NC(C(=O)N1CCCN(Cc2ccc(C#N)cc2)CC1)c1ccccc1. The van der Waals surface area contributed by atoms with Crippen molar-refractivity contribution in [1.82, 2.24) is 15.1 Å². The van der Waals surface area contributed by atoms with E-state index in [2.05, 4.69) is 16.3 Å². The second-order valence-electron chi connectivity index (χ2n) is 8.77. The quantitative estimate of drug-likeness (QED) is 0.727. The predicted octanol–water partition coefficient (Wildman–Crippen LogP) is 3.50. The van der Waals surface area contributed by atoms with Crippen LogP contribution in [0.5, 0.6) is 0 Å². The fourth-order valence-electron chi connectivity index (χ4n) is 4.00. The summed E-state index contributed by atoms with van der Waals surface area (Å²) in [6, 6.07) is 18.6. The molecule has 168 valence electrons. The van der Waals surface area contributed by atoms with Crippen LogP contribution in [0.15, 0.2) is 54.6 Å². The van der Waals surface area contributed by atoms with Gasteiger partial charge in [0.1, 0.15) is 6.04 Å². The zero-order valence-corrected chi connectivity index (χ0v) is 19.0. The highest BCUT2D eigenvalue weighted by Gasteiger charge is 2.29. The number of amides is 2. The fraction of sp³-hybridized carbons (Fsp3) is 0.423. The highest BCUT2D eigenvalue weighted by molar-refractivity contribution is 5.88. The van der Waals surface area contributed by atoms with Crippen LogP contribution < -0.4 is 5.32 Å². The molecule has 1 heterocycles. The van der Waals surface area contributed by atoms with Crippen LogP contribution in [0, 0.1) is 17.2 Å². The molecule has 1 fully saturated rings. The number of benzene rings is 2. The molecule has 1 saturated heterocycles. The lowest BCUT2D eigenvalue weighted by molar-refractivity contribution is -0.136. The molecule has 2 amide bonds. The smallest absolute Gasteiger partial charge is 0.249 e. The number of carbonyl (C=O) groups excluding carboxylic acids is 2. The molecule has 0 radical (unpaired) electrons. The van der Waals surface area contributed by atoms with Gasteiger partial charge in [0.15, 0.2) is 0 Å². The Morgan fingerprint density at radius 1 is 1.00 bits per heavy atom. The normalized spacial score (nSPS) is 15.6. The van der Waals surface area contributed by atoms with E-state index in [9.17, 15) is 9.59 Å². The molecular formula is C26H32N4O2. The van der Waals surface area contributed by atoms with Gasteiger partial charge in [-0.3, -0.25) is 14.5 Å². The second kappa shape index (κ2) is 11.4. The summed E-state index contributed by atoms with van der Waals surface area (Å²) in [4.78, 5) is 30.2. The van der Waals surface area contributed by atoms with Crippen LogP contribution in [-0.2, 0) is 16.1 Å². The summed E-state index contributed by atoms with van der Waals surface area (Å²) in [6.45, 7) is 7.75. The van der Waals surface area contributed by atoms with Gasteiger partial charge < -0.3 is 10.2 Å². The number of rotatable bonds is 7. The Morgan fingerprint density at radius 2 is 1.72 bits per heavy atom. The topological polar surface area (TPSA) is 76.4 Å². The zero-order chi connectivity index (χ0) is 22.9. The van der Waals surface area contributed by atoms with Crippen molar-refractivity contribution in [2.75, 3.05) is 26.2 Å². The number of nitriles is 1. The third kappa shape index (κ3) is 6.66. The second-order valence-corrected chi connectivity index (χ2v) is 8.77. The molecule has 3 rings (SSSR count). The molecule has 2 aromatic carbocycles. The lowest BCUT2D eigenvalue weighted by Gasteiger charge is -2.27. The summed E-state index contributed by atoms with van der Waals surface area (Å²) in [5.74, 6) is 0.0866. The minimum atomic E-state index is -0.660. The molecule has 6 nitrogen and oxygen atoms in total. The average molecular weight is 433 g/mol. The van der Waals surface area contributed by atoms with Gasteiger partial charge in [-0.15, -0.1) is 0 Å². The average Bonchev–Trinajstić information content (AvgIpc) is 3.03. The first-order valence-electron chi connectivity index (χ1n) is 11.3. The lowest BCUT2D eigenvalue weighted by atomic mass is 10.0. The summed E-state index contributed by atoms with van der Waals surface area (Å²) in [6.07, 6.45) is 1.28.